The van der Waals surface area contributed by atoms with Gasteiger partial charge in [0.1, 0.15) is 5.75 Å². The Morgan fingerprint density at radius 1 is 1.40 bits per heavy atom. The first-order valence-electron chi connectivity index (χ1n) is 6.54. The van der Waals surface area contributed by atoms with Crippen LogP contribution in [0.15, 0.2) is 18.2 Å². The number of carbonyl (C=O) groups is 1. The van der Waals surface area contributed by atoms with E-state index in [0.29, 0.717) is 36.6 Å². The van der Waals surface area contributed by atoms with Crippen LogP contribution in [0.5, 0.6) is 5.75 Å². The molecule has 1 fully saturated rings. The van der Waals surface area contributed by atoms with Crippen LogP contribution in [0, 0.1) is 12.3 Å². The van der Waals surface area contributed by atoms with Gasteiger partial charge in [-0.3, -0.25) is 9.69 Å². The quantitative estimate of drug-likeness (QED) is 0.649. The molecule has 5 nitrogen and oxygen atoms in total. The third-order valence-corrected chi connectivity index (χ3v) is 3.43. The van der Waals surface area contributed by atoms with Crippen molar-refractivity contribution in [3.63, 3.8) is 0 Å². The van der Waals surface area contributed by atoms with Crippen molar-refractivity contribution in [2.45, 2.75) is 0 Å². The zero-order valence-electron chi connectivity index (χ0n) is 11.6. The minimum Gasteiger partial charge on any atom is -0.496 e. The standard InChI is InChI=1S/C15H19N3O2/c1-3-6-17-7-9-18(10-8-17)15(19)13-5-4-12(16)11-14(13)20-2/h1,4-5,11H,6-10,16H2,2H3. The largest absolute Gasteiger partial charge is 0.496 e. The Morgan fingerprint density at radius 2 is 2.10 bits per heavy atom. The lowest BCUT2D eigenvalue weighted by Crippen LogP contribution is -2.48. The molecule has 20 heavy (non-hydrogen) atoms. The number of amides is 1. The number of nitrogens with zero attached hydrogens (tertiary/aromatic N) is 2. The van der Waals surface area contributed by atoms with Crippen LogP contribution in [0.2, 0.25) is 0 Å². The van der Waals surface area contributed by atoms with Crippen molar-refractivity contribution in [1.29, 1.82) is 0 Å². The lowest BCUT2D eigenvalue weighted by Gasteiger charge is -2.34. The Kier molecular flexibility index (Phi) is 4.49. The molecule has 5 heteroatoms. The molecule has 2 N–H and O–H groups in total. The summed E-state index contributed by atoms with van der Waals surface area (Å²) in [5, 5.41) is 0. The van der Waals surface area contributed by atoms with Crippen molar-refractivity contribution in [2.75, 3.05) is 45.6 Å². The summed E-state index contributed by atoms with van der Waals surface area (Å²) in [7, 11) is 1.54. The predicted octanol–water partition coefficient (Wildman–Crippen LogP) is 0.668. The average Bonchev–Trinajstić information content (AvgIpc) is 2.47. The first-order chi connectivity index (χ1) is 9.65. The Bertz CT molecular complexity index is 528. The van der Waals surface area contributed by atoms with Gasteiger partial charge in [-0.2, -0.15) is 0 Å². The maximum atomic E-state index is 12.5. The molecule has 1 aromatic rings. The summed E-state index contributed by atoms with van der Waals surface area (Å²) in [6.45, 7) is 3.58. The number of nitrogens with two attached hydrogens (primary N) is 1. The van der Waals surface area contributed by atoms with Gasteiger partial charge in [-0.05, 0) is 12.1 Å². The van der Waals surface area contributed by atoms with Crippen LogP contribution in [0.3, 0.4) is 0 Å². The van der Waals surface area contributed by atoms with Crippen LogP contribution in [0.1, 0.15) is 10.4 Å². The van der Waals surface area contributed by atoms with Gasteiger partial charge >= 0.3 is 0 Å². The number of hydrogen-bond donors (Lipinski definition) is 1. The highest BCUT2D eigenvalue weighted by Crippen LogP contribution is 2.23. The van der Waals surface area contributed by atoms with Crippen molar-refractivity contribution in [2.24, 2.45) is 0 Å². The summed E-state index contributed by atoms with van der Waals surface area (Å²) in [5.41, 5.74) is 6.83. The molecule has 0 atom stereocenters. The summed E-state index contributed by atoms with van der Waals surface area (Å²) in [4.78, 5) is 16.5. The molecular formula is C15H19N3O2. The van der Waals surface area contributed by atoms with E-state index in [1.165, 1.54) is 7.11 Å². The lowest BCUT2D eigenvalue weighted by molar-refractivity contribution is 0.0649. The molecular weight excluding hydrogens is 254 g/mol. The maximum absolute atomic E-state index is 12.5. The number of ether oxygens (including phenoxy) is 1. The van der Waals surface area contributed by atoms with E-state index in [1.54, 1.807) is 18.2 Å². The number of methoxy groups -OCH3 is 1. The molecule has 1 heterocycles. The van der Waals surface area contributed by atoms with E-state index < -0.39 is 0 Å². The number of hydrogen-bond acceptors (Lipinski definition) is 4. The van der Waals surface area contributed by atoms with Crippen molar-refractivity contribution in [3.05, 3.63) is 23.8 Å². The van der Waals surface area contributed by atoms with Crippen LogP contribution in [-0.2, 0) is 0 Å². The van der Waals surface area contributed by atoms with E-state index in [9.17, 15) is 4.79 Å². The number of terminal acetylenes is 1. The van der Waals surface area contributed by atoms with E-state index >= 15 is 0 Å². The minimum atomic E-state index is -0.0257. The monoisotopic (exact) mass is 273 g/mol. The van der Waals surface area contributed by atoms with E-state index in [1.807, 2.05) is 4.90 Å². The van der Waals surface area contributed by atoms with Gasteiger partial charge in [0, 0.05) is 37.9 Å². The lowest BCUT2D eigenvalue weighted by atomic mass is 10.1. The Morgan fingerprint density at radius 3 is 2.70 bits per heavy atom. The molecule has 0 aromatic heterocycles. The SMILES string of the molecule is C#CCN1CCN(C(=O)c2ccc(N)cc2OC)CC1. The van der Waals surface area contributed by atoms with Crippen molar-refractivity contribution < 1.29 is 9.53 Å². The van der Waals surface area contributed by atoms with Gasteiger partial charge in [0.25, 0.3) is 5.91 Å². The van der Waals surface area contributed by atoms with Crippen LogP contribution in [0.4, 0.5) is 5.69 Å². The van der Waals surface area contributed by atoms with Crippen molar-refractivity contribution >= 4 is 11.6 Å². The molecule has 1 aromatic carbocycles. The summed E-state index contributed by atoms with van der Waals surface area (Å²) in [5.74, 6) is 3.12. The molecule has 1 aliphatic heterocycles. The van der Waals surface area contributed by atoms with Gasteiger partial charge in [0.15, 0.2) is 0 Å². The molecule has 0 bridgehead atoms. The number of nitrogen functional groups attached to an aromatic ring is 1. The first kappa shape index (κ1) is 14.2. The molecule has 106 valence electrons. The molecule has 0 aliphatic carbocycles. The summed E-state index contributed by atoms with van der Waals surface area (Å²) in [6.07, 6.45) is 5.30. The third-order valence-electron chi connectivity index (χ3n) is 3.43. The van der Waals surface area contributed by atoms with Gasteiger partial charge in [-0.1, -0.05) is 5.92 Å². The zero-order chi connectivity index (χ0) is 14.5. The highest BCUT2D eigenvalue weighted by molar-refractivity contribution is 5.97. The minimum absolute atomic E-state index is 0.0257. The topological polar surface area (TPSA) is 58.8 Å². The molecule has 1 aliphatic rings. The highest BCUT2D eigenvalue weighted by atomic mass is 16.5. The van der Waals surface area contributed by atoms with Gasteiger partial charge in [-0.25, -0.2) is 0 Å². The van der Waals surface area contributed by atoms with Gasteiger partial charge < -0.3 is 15.4 Å². The fraction of sp³-hybridized carbons (Fsp3) is 0.400. The summed E-state index contributed by atoms with van der Waals surface area (Å²) >= 11 is 0. The van der Waals surface area contributed by atoms with Gasteiger partial charge in [0.05, 0.1) is 19.2 Å². The molecule has 0 unspecified atom stereocenters. The second-order valence-corrected chi connectivity index (χ2v) is 4.73. The predicted molar refractivity (Wildman–Crippen MR) is 78.6 cm³/mol. The number of rotatable bonds is 3. The fourth-order valence-electron chi connectivity index (χ4n) is 2.29. The smallest absolute Gasteiger partial charge is 0.257 e. The summed E-state index contributed by atoms with van der Waals surface area (Å²) in [6, 6.07) is 5.09. The first-order valence-corrected chi connectivity index (χ1v) is 6.54. The van der Waals surface area contributed by atoms with Crippen LogP contribution < -0.4 is 10.5 Å². The van der Waals surface area contributed by atoms with E-state index in [-0.39, 0.29) is 5.91 Å². The van der Waals surface area contributed by atoms with Gasteiger partial charge in [0.2, 0.25) is 0 Å². The Labute approximate surface area is 119 Å². The molecule has 1 saturated heterocycles. The second-order valence-electron chi connectivity index (χ2n) is 4.73. The second kappa shape index (κ2) is 6.31. The van der Waals surface area contributed by atoms with Crippen LogP contribution >= 0.6 is 0 Å². The fourth-order valence-corrected chi connectivity index (χ4v) is 2.29. The molecule has 0 saturated carbocycles. The molecule has 0 spiro atoms. The normalized spacial score (nSPS) is 15.7. The molecule has 2 rings (SSSR count). The number of anilines is 1. The van der Waals surface area contributed by atoms with Crippen molar-refractivity contribution in [1.82, 2.24) is 9.80 Å². The maximum Gasteiger partial charge on any atom is 0.257 e. The average molecular weight is 273 g/mol. The van der Waals surface area contributed by atoms with Crippen LogP contribution in [-0.4, -0.2) is 55.5 Å². The Hall–Kier alpha value is -2.19. The highest BCUT2D eigenvalue weighted by Gasteiger charge is 2.23. The van der Waals surface area contributed by atoms with Gasteiger partial charge in [-0.15, -0.1) is 6.42 Å². The number of piperazine rings is 1. The van der Waals surface area contributed by atoms with Crippen molar-refractivity contribution in [3.8, 4) is 18.1 Å². The summed E-state index contributed by atoms with van der Waals surface area (Å²) < 4.78 is 5.23. The zero-order valence-corrected chi connectivity index (χ0v) is 11.6. The molecule has 0 radical (unpaired) electrons. The third kappa shape index (κ3) is 3.03. The van der Waals surface area contributed by atoms with Crippen LogP contribution in [0.25, 0.3) is 0 Å². The number of carbonyl (C=O) groups excluding carboxylic acids is 1. The number of benzene rings is 1. The molecule has 1 amide bonds. The van der Waals surface area contributed by atoms with E-state index in [2.05, 4.69) is 10.8 Å². The van der Waals surface area contributed by atoms with E-state index in [4.69, 9.17) is 16.9 Å². The van der Waals surface area contributed by atoms with E-state index in [0.717, 1.165) is 13.1 Å². The Balaban J connectivity index is 2.08.